The normalized spacial score (nSPS) is 19.8. The molecule has 2 fully saturated rings. The number of hydrogen-bond acceptors (Lipinski definition) is 3. The lowest BCUT2D eigenvalue weighted by Crippen LogP contribution is -2.39. The maximum Gasteiger partial charge on any atom is 0.332 e. The molecule has 5 nitrogen and oxygen atoms in total. The molecule has 2 aliphatic rings. The van der Waals surface area contributed by atoms with E-state index in [0.29, 0.717) is 5.69 Å². The molecular weight excluding hydrogens is 280 g/mol. The summed E-state index contributed by atoms with van der Waals surface area (Å²) in [7, 11) is 0. The molecule has 1 saturated heterocycles. The van der Waals surface area contributed by atoms with Gasteiger partial charge in [-0.05, 0) is 25.0 Å². The SMILES string of the molecule is O=C(CN1C(=O)CN(c2ccccc2)C1=O)C1CCCCC1. The van der Waals surface area contributed by atoms with Crippen molar-refractivity contribution in [3.63, 3.8) is 0 Å². The number of amides is 3. The number of ketones is 1. The molecule has 0 unspecified atom stereocenters. The fourth-order valence-corrected chi connectivity index (χ4v) is 3.22. The number of anilines is 1. The first-order valence-electron chi connectivity index (χ1n) is 7.86. The first kappa shape index (κ1) is 14.8. The van der Waals surface area contributed by atoms with Crippen molar-refractivity contribution in [2.24, 2.45) is 5.92 Å². The van der Waals surface area contributed by atoms with Gasteiger partial charge in [0, 0.05) is 11.6 Å². The van der Waals surface area contributed by atoms with Crippen LogP contribution in [0.2, 0.25) is 0 Å². The highest BCUT2D eigenvalue weighted by molar-refractivity contribution is 6.13. The lowest BCUT2D eigenvalue weighted by atomic mass is 9.86. The summed E-state index contributed by atoms with van der Waals surface area (Å²) in [5.74, 6) is -0.255. The molecule has 22 heavy (non-hydrogen) atoms. The quantitative estimate of drug-likeness (QED) is 0.803. The van der Waals surface area contributed by atoms with Gasteiger partial charge in [-0.1, -0.05) is 37.5 Å². The lowest BCUT2D eigenvalue weighted by Gasteiger charge is -2.22. The molecule has 0 radical (unpaired) electrons. The molecule has 0 bridgehead atoms. The first-order valence-corrected chi connectivity index (χ1v) is 7.86. The fourth-order valence-electron chi connectivity index (χ4n) is 3.22. The van der Waals surface area contributed by atoms with Crippen molar-refractivity contribution in [1.82, 2.24) is 4.90 Å². The van der Waals surface area contributed by atoms with Crippen LogP contribution in [0.3, 0.4) is 0 Å². The zero-order valence-corrected chi connectivity index (χ0v) is 12.5. The summed E-state index contributed by atoms with van der Waals surface area (Å²) in [6.07, 6.45) is 5.07. The molecule has 0 aromatic heterocycles. The Hall–Kier alpha value is -2.17. The second-order valence-corrected chi connectivity index (χ2v) is 5.99. The molecule has 1 aliphatic carbocycles. The molecular formula is C17H20N2O3. The molecule has 3 amide bonds. The Balaban J connectivity index is 1.68. The van der Waals surface area contributed by atoms with Crippen molar-refractivity contribution in [3.05, 3.63) is 30.3 Å². The molecule has 1 aromatic rings. The van der Waals surface area contributed by atoms with Crippen LogP contribution in [0.15, 0.2) is 30.3 Å². The Bertz CT molecular complexity index is 579. The number of carbonyl (C=O) groups is 3. The number of nitrogens with zero attached hydrogens (tertiary/aromatic N) is 2. The van der Waals surface area contributed by atoms with E-state index in [-0.39, 0.29) is 36.7 Å². The van der Waals surface area contributed by atoms with E-state index in [1.54, 1.807) is 12.1 Å². The summed E-state index contributed by atoms with van der Waals surface area (Å²) in [4.78, 5) is 39.4. The van der Waals surface area contributed by atoms with Gasteiger partial charge in [-0.2, -0.15) is 0 Å². The summed E-state index contributed by atoms with van der Waals surface area (Å²) < 4.78 is 0. The van der Waals surface area contributed by atoms with Gasteiger partial charge in [-0.15, -0.1) is 0 Å². The molecule has 5 heteroatoms. The van der Waals surface area contributed by atoms with Crippen LogP contribution in [0.5, 0.6) is 0 Å². The smallest absolute Gasteiger partial charge is 0.297 e. The van der Waals surface area contributed by atoms with Crippen LogP contribution in [0.1, 0.15) is 32.1 Å². The second kappa shape index (κ2) is 6.30. The van der Waals surface area contributed by atoms with Gasteiger partial charge in [0.25, 0.3) is 5.91 Å². The highest BCUT2D eigenvalue weighted by Crippen LogP contribution is 2.26. The van der Waals surface area contributed by atoms with E-state index in [9.17, 15) is 14.4 Å². The molecule has 0 spiro atoms. The van der Waals surface area contributed by atoms with Gasteiger partial charge in [0.15, 0.2) is 5.78 Å². The first-order chi connectivity index (χ1) is 10.7. The third-order valence-corrected chi connectivity index (χ3v) is 4.50. The third kappa shape index (κ3) is 2.89. The van der Waals surface area contributed by atoms with Crippen molar-refractivity contribution in [1.29, 1.82) is 0 Å². The largest absolute Gasteiger partial charge is 0.332 e. The zero-order valence-electron chi connectivity index (χ0n) is 12.5. The number of imide groups is 1. The lowest BCUT2D eigenvalue weighted by molar-refractivity contribution is -0.131. The molecule has 0 atom stereocenters. The molecule has 0 N–H and O–H groups in total. The minimum atomic E-state index is -0.389. The highest BCUT2D eigenvalue weighted by Gasteiger charge is 2.38. The molecule has 3 rings (SSSR count). The van der Waals surface area contributed by atoms with Gasteiger partial charge in [0.05, 0.1) is 6.54 Å². The molecule has 1 aromatic carbocycles. The van der Waals surface area contributed by atoms with E-state index in [1.165, 1.54) is 11.3 Å². The van der Waals surface area contributed by atoms with E-state index in [4.69, 9.17) is 0 Å². The maximum atomic E-state index is 12.4. The highest BCUT2D eigenvalue weighted by atomic mass is 16.2. The van der Waals surface area contributed by atoms with Crippen molar-refractivity contribution in [3.8, 4) is 0 Å². The summed E-state index contributed by atoms with van der Waals surface area (Å²) in [6.45, 7) is -0.0630. The number of carbonyl (C=O) groups excluding carboxylic acids is 3. The summed E-state index contributed by atoms with van der Waals surface area (Å²) in [5, 5.41) is 0. The molecule has 1 aliphatic heterocycles. The topological polar surface area (TPSA) is 57.7 Å². The van der Waals surface area contributed by atoms with Gasteiger partial charge >= 0.3 is 6.03 Å². The summed E-state index contributed by atoms with van der Waals surface area (Å²) >= 11 is 0. The van der Waals surface area contributed by atoms with E-state index >= 15 is 0 Å². The van der Waals surface area contributed by atoms with E-state index in [0.717, 1.165) is 30.6 Å². The van der Waals surface area contributed by atoms with Gasteiger partial charge in [-0.25, -0.2) is 4.79 Å². The molecule has 1 heterocycles. The Morgan fingerprint density at radius 1 is 1.05 bits per heavy atom. The zero-order chi connectivity index (χ0) is 15.5. The van der Waals surface area contributed by atoms with Gasteiger partial charge in [0.2, 0.25) is 0 Å². The number of Topliss-reactive ketones (excluding diaryl/α,β-unsaturated/α-hetero) is 1. The second-order valence-electron chi connectivity index (χ2n) is 5.99. The van der Waals surface area contributed by atoms with Gasteiger partial charge in [-0.3, -0.25) is 19.4 Å². The van der Waals surface area contributed by atoms with Crippen LogP contribution >= 0.6 is 0 Å². The van der Waals surface area contributed by atoms with Crippen molar-refractivity contribution in [2.75, 3.05) is 18.0 Å². The minimum absolute atomic E-state index is 0.0140. The van der Waals surface area contributed by atoms with Crippen LogP contribution < -0.4 is 4.90 Å². The standard InChI is InChI=1S/C17H20N2O3/c20-15(13-7-3-1-4-8-13)11-19-16(21)12-18(17(19)22)14-9-5-2-6-10-14/h2,5-6,9-10,13H,1,3-4,7-8,11-12H2. The van der Waals surface area contributed by atoms with Crippen molar-refractivity contribution >= 4 is 23.4 Å². The fraction of sp³-hybridized carbons (Fsp3) is 0.471. The molecule has 116 valence electrons. The van der Waals surface area contributed by atoms with Crippen LogP contribution in [-0.2, 0) is 9.59 Å². The molecule has 1 saturated carbocycles. The van der Waals surface area contributed by atoms with Gasteiger partial charge < -0.3 is 0 Å². The monoisotopic (exact) mass is 300 g/mol. The Labute approximate surface area is 129 Å². The Kier molecular flexibility index (Phi) is 4.22. The van der Waals surface area contributed by atoms with Crippen LogP contribution in [0.4, 0.5) is 10.5 Å². The van der Waals surface area contributed by atoms with E-state index < -0.39 is 0 Å². The minimum Gasteiger partial charge on any atom is -0.297 e. The summed E-state index contributed by atoms with van der Waals surface area (Å²) in [5.41, 5.74) is 0.688. The van der Waals surface area contributed by atoms with Gasteiger partial charge in [0.1, 0.15) is 6.54 Å². The van der Waals surface area contributed by atoms with Crippen molar-refractivity contribution < 1.29 is 14.4 Å². The Morgan fingerprint density at radius 3 is 2.41 bits per heavy atom. The number of benzene rings is 1. The third-order valence-electron chi connectivity index (χ3n) is 4.50. The summed E-state index contributed by atoms with van der Waals surface area (Å²) in [6, 6.07) is 8.69. The number of hydrogen-bond donors (Lipinski definition) is 0. The number of rotatable bonds is 4. The maximum absolute atomic E-state index is 12.4. The van der Waals surface area contributed by atoms with E-state index in [2.05, 4.69) is 0 Å². The predicted octanol–water partition coefficient (Wildman–Crippen LogP) is 2.60. The van der Waals surface area contributed by atoms with Crippen molar-refractivity contribution in [2.45, 2.75) is 32.1 Å². The van der Waals surface area contributed by atoms with Crippen LogP contribution in [0.25, 0.3) is 0 Å². The average molecular weight is 300 g/mol. The average Bonchev–Trinajstić information content (AvgIpc) is 2.84. The van der Waals surface area contributed by atoms with Crippen LogP contribution in [0, 0.1) is 5.92 Å². The Morgan fingerprint density at radius 2 is 1.73 bits per heavy atom. The van der Waals surface area contributed by atoms with E-state index in [1.807, 2.05) is 18.2 Å². The number of para-hydroxylation sites is 1. The predicted molar refractivity (Wildman–Crippen MR) is 82.5 cm³/mol. The number of urea groups is 1. The van der Waals surface area contributed by atoms with Crippen LogP contribution in [-0.4, -0.2) is 35.7 Å².